The quantitative estimate of drug-likeness (QED) is 0.861. The zero-order valence-electron chi connectivity index (χ0n) is 13.4. The molecule has 4 nitrogen and oxygen atoms in total. The van der Waals surface area contributed by atoms with Gasteiger partial charge in [-0.1, -0.05) is 18.5 Å². The molecule has 0 saturated carbocycles. The van der Waals surface area contributed by atoms with Gasteiger partial charge in [0, 0.05) is 11.1 Å². The normalized spacial score (nSPS) is 11.1. The Bertz CT molecular complexity index is 495. The molecular weight excluding hydrogens is 290 g/mol. The van der Waals surface area contributed by atoms with Crippen LogP contribution in [0.1, 0.15) is 51.4 Å². The SMILES string of the molecule is CCCOc1c(Cl)cc(C(=O)NC(C)(C)C)cc1OCC. The fraction of sp³-hybridized carbons (Fsp3) is 0.562. The lowest BCUT2D eigenvalue weighted by Gasteiger charge is -2.21. The summed E-state index contributed by atoms with van der Waals surface area (Å²) in [6, 6.07) is 3.28. The van der Waals surface area contributed by atoms with Crippen molar-refractivity contribution in [1.82, 2.24) is 5.32 Å². The summed E-state index contributed by atoms with van der Waals surface area (Å²) in [4.78, 5) is 12.2. The largest absolute Gasteiger partial charge is 0.490 e. The number of amides is 1. The third kappa shape index (κ3) is 5.46. The lowest BCUT2D eigenvalue weighted by atomic mass is 10.1. The average molecular weight is 314 g/mol. The maximum Gasteiger partial charge on any atom is 0.251 e. The molecule has 1 aromatic rings. The predicted molar refractivity (Wildman–Crippen MR) is 85.6 cm³/mol. The highest BCUT2D eigenvalue weighted by molar-refractivity contribution is 6.32. The van der Waals surface area contributed by atoms with Crippen LogP contribution in [0.3, 0.4) is 0 Å². The van der Waals surface area contributed by atoms with Crippen molar-refractivity contribution in [2.24, 2.45) is 0 Å². The first-order valence-electron chi connectivity index (χ1n) is 7.20. The standard InChI is InChI=1S/C16H24ClNO3/c1-6-8-21-14-12(17)9-11(10-13(14)20-7-2)15(19)18-16(3,4)5/h9-10H,6-8H2,1-5H3,(H,18,19). The van der Waals surface area contributed by atoms with E-state index in [1.165, 1.54) is 0 Å². The molecule has 0 aliphatic carbocycles. The van der Waals surface area contributed by atoms with Crippen LogP contribution in [0.15, 0.2) is 12.1 Å². The number of nitrogens with one attached hydrogen (secondary N) is 1. The number of hydrogen-bond acceptors (Lipinski definition) is 3. The Labute approximate surface area is 131 Å². The van der Waals surface area contributed by atoms with Gasteiger partial charge in [-0.2, -0.15) is 0 Å². The van der Waals surface area contributed by atoms with E-state index in [2.05, 4.69) is 5.32 Å². The Balaban J connectivity index is 3.10. The molecule has 118 valence electrons. The van der Waals surface area contributed by atoms with Crippen LogP contribution in [0.4, 0.5) is 0 Å². The summed E-state index contributed by atoms with van der Waals surface area (Å²) in [5.41, 5.74) is 0.148. The molecule has 0 aromatic heterocycles. The number of rotatable bonds is 6. The number of carbonyl (C=O) groups excluding carboxylic acids is 1. The number of hydrogen-bond donors (Lipinski definition) is 1. The van der Waals surface area contributed by atoms with Gasteiger partial charge in [0.1, 0.15) is 0 Å². The fourth-order valence-electron chi connectivity index (χ4n) is 1.72. The van der Waals surface area contributed by atoms with Crippen molar-refractivity contribution in [1.29, 1.82) is 0 Å². The molecule has 0 aliphatic rings. The van der Waals surface area contributed by atoms with E-state index in [0.717, 1.165) is 6.42 Å². The number of carbonyl (C=O) groups is 1. The molecule has 21 heavy (non-hydrogen) atoms. The first-order valence-corrected chi connectivity index (χ1v) is 7.58. The Morgan fingerprint density at radius 3 is 2.43 bits per heavy atom. The summed E-state index contributed by atoms with van der Waals surface area (Å²) >= 11 is 6.24. The molecule has 0 heterocycles. The van der Waals surface area contributed by atoms with Crippen molar-refractivity contribution < 1.29 is 14.3 Å². The summed E-state index contributed by atoms with van der Waals surface area (Å²) in [5.74, 6) is 0.803. The van der Waals surface area contributed by atoms with Crippen LogP contribution in [0, 0.1) is 0 Å². The first-order chi connectivity index (χ1) is 9.78. The fourth-order valence-corrected chi connectivity index (χ4v) is 1.98. The smallest absolute Gasteiger partial charge is 0.251 e. The highest BCUT2D eigenvalue weighted by Gasteiger charge is 2.19. The molecule has 0 fully saturated rings. The highest BCUT2D eigenvalue weighted by atomic mass is 35.5. The third-order valence-corrected chi connectivity index (χ3v) is 2.79. The Kier molecular flexibility index (Phi) is 6.34. The minimum absolute atomic E-state index is 0.188. The van der Waals surface area contributed by atoms with Crippen LogP contribution in [0.25, 0.3) is 0 Å². The summed E-state index contributed by atoms with van der Waals surface area (Å²) in [6.45, 7) is 10.7. The zero-order chi connectivity index (χ0) is 16.0. The lowest BCUT2D eigenvalue weighted by Crippen LogP contribution is -2.40. The van der Waals surface area contributed by atoms with Gasteiger partial charge >= 0.3 is 0 Å². The van der Waals surface area contributed by atoms with Gasteiger partial charge in [0.2, 0.25) is 0 Å². The third-order valence-electron chi connectivity index (χ3n) is 2.51. The van der Waals surface area contributed by atoms with Gasteiger partial charge in [0.05, 0.1) is 18.2 Å². The summed E-state index contributed by atoms with van der Waals surface area (Å²) in [7, 11) is 0. The molecule has 5 heteroatoms. The maximum atomic E-state index is 12.2. The second-order valence-electron chi connectivity index (χ2n) is 5.77. The minimum Gasteiger partial charge on any atom is -0.490 e. The van der Waals surface area contributed by atoms with Crippen molar-refractivity contribution in [2.75, 3.05) is 13.2 Å². The van der Waals surface area contributed by atoms with Gasteiger partial charge in [0.15, 0.2) is 11.5 Å². The molecule has 1 amide bonds. The van der Waals surface area contributed by atoms with E-state index >= 15 is 0 Å². The van der Waals surface area contributed by atoms with Gasteiger partial charge in [-0.15, -0.1) is 0 Å². The molecule has 0 bridgehead atoms. The zero-order valence-corrected chi connectivity index (χ0v) is 14.1. The number of ether oxygens (including phenoxy) is 2. The van der Waals surface area contributed by atoms with Crippen molar-refractivity contribution in [3.8, 4) is 11.5 Å². The van der Waals surface area contributed by atoms with Crippen molar-refractivity contribution in [3.05, 3.63) is 22.7 Å². The molecule has 0 unspecified atom stereocenters. The molecule has 1 aromatic carbocycles. The predicted octanol–water partition coefficient (Wildman–Crippen LogP) is 4.06. The molecule has 0 radical (unpaired) electrons. The number of benzene rings is 1. The number of halogens is 1. The van der Waals surface area contributed by atoms with Gasteiger partial charge in [0.25, 0.3) is 5.91 Å². The van der Waals surface area contributed by atoms with E-state index in [9.17, 15) is 4.79 Å². The van der Waals surface area contributed by atoms with Crippen LogP contribution in [0.5, 0.6) is 11.5 Å². The van der Waals surface area contributed by atoms with Gasteiger partial charge in [-0.05, 0) is 46.2 Å². The van der Waals surface area contributed by atoms with Crippen LogP contribution in [0.2, 0.25) is 5.02 Å². The van der Waals surface area contributed by atoms with Gasteiger partial charge < -0.3 is 14.8 Å². The van der Waals surface area contributed by atoms with Crippen molar-refractivity contribution in [3.63, 3.8) is 0 Å². The molecule has 0 atom stereocenters. The highest BCUT2D eigenvalue weighted by Crippen LogP contribution is 2.36. The van der Waals surface area contributed by atoms with Crippen LogP contribution >= 0.6 is 11.6 Å². The molecule has 0 saturated heterocycles. The summed E-state index contributed by atoms with van der Waals surface area (Å²) in [6.07, 6.45) is 0.869. The molecule has 1 rings (SSSR count). The van der Waals surface area contributed by atoms with E-state index in [1.807, 2.05) is 34.6 Å². The molecule has 1 N–H and O–H groups in total. The molecular formula is C16H24ClNO3. The maximum absolute atomic E-state index is 12.2. The van der Waals surface area contributed by atoms with Gasteiger partial charge in [-0.25, -0.2) is 0 Å². The average Bonchev–Trinajstić information content (AvgIpc) is 2.36. The van der Waals surface area contributed by atoms with Gasteiger partial charge in [-0.3, -0.25) is 4.79 Å². The Morgan fingerprint density at radius 2 is 1.90 bits per heavy atom. The second-order valence-corrected chi connectivity index (χ2v) is 6.18. The van der Waals surface area contributed by atoms with E-state index in [1.54, 1.807) is 12.1 Å². The van der Waals surface area contributed by atoms with Crippen molar-refractivity contribution in [2.45, 2.75) is 46.6 Å². The van der Waals surface area contributed by atoms with E-state index in [4.69, 9.17) is 21.1 Å². The second kappa shape index (κ2) is 7.55. The Morgan fingerprint density at radius 1 is 1.24 bits per heavy atom. The lowest BCUT2D eigenvalue weighted by molar-refractivity contribution is 0.0919. The monoisotopic (exact) mass is 313 g/mol. The minimum atomic E-state index is -0.313. The van der Waals surface area contributed by atoms with Crippen LogP contribution in [-0.2, 0) is 0 Å². The summed E-state index contributed by atoms with van der Waals surface area (Å²) in [5, 5.41) is 3.28. The molecule has 0 aliphatic heterocycles. The molecule has 0 spiro atoms. The topological polar surface area (TPSA) is 47.6 Å². The van der Waals surface area contributed by atoms with E-state index in [0.29, 0.717) is 35.3 Å². The van der Waals surface area contributed by atoms with Crippen LogP contribution < -0.4 is 14.8 Å². The van der Waals surface area contributed by atoms with Crippen molar-refractivity contribution >= 4 is 17.5 Å². The van der Waals surface area contributed by atoms with Crippen LogP contribution in [-0.4, -0.2) is 24.7 Å². The first kappa shape index (κ1) is 17.6. The van der Waals surface area contributed by atoms with E-state index < -0.39 is 0 Å². The Hall–Kier alpha value is -1.42. The van der Waals surface area contributed by atoms with E-state index in [-0.39, 0.29) is 11.4 Å². The summed E-state index contributed by atoms with van der Waals surface area (Å²) < 4.78 is 11.2.